The van der Waals surface area contributed by atoms with E-state index in [1.165, 1.54) is 19.5 Å². The zero-order valence-corrected chi connectivity index (χ0v) is 14.2. The van der Waals surface area contributed by atoms with Crippen LogP contribution >= 0.6 is 0 Å². The van der Waals surface area contributed by atoms with Gasteiger partial charge in [-0.15, -0.1) is 0 Å². The highest BCUT2D eigenvalue weighted by Crippen LogP contribution is 2.42. The number of nitrogens with zero attached hydrogens (tertiary/aromatic N) is 3. The van der Waals surface area contributed by atoms with Crippen LogP contribution in [0.3, 0.4) is 0 Å². The van der Waals surface area contributed by atoms with Gasteiger partial charge in [-0.3, -0.25) is 14.6 Å². The summed E-state index contributed by atoms with van der Waals surface area (Å²) in [5.74, 6) is 0.228. The molecule has 130 valence electrons. The first-order chi connectivity index (χ1) is 12.1. The van der Waals surface area contributed by atoms with Gasteiger partial charge in [0.25, 0.3) is 0 Å². The molecule has 1 saturated carbocycles. The largest absolute Gasteiger partial charge is 0.476 e. The van der Waals surface area contributed by atoms with E-state index in [2.05, 4.69) is 15.0 Å². The van der Waals surface area contributed by atoms with Crippen molar-refractivity contribution >= 4 is 12.3 Å². The van der Waals surface area contributed by atoms with E-state index in [1.807, 2.05) is 6.92 Å². The quantitative estimate of drug-likeness (QED) is 0.588. The molecule has 2 aromatic heterocycles. The van der Waals surface area contributed by atoms with E-state index >= 15 is 0 Å². The van der Waals surface area contributed by atoms with E-state index in [9.17, 15) is 9.59 Å². The number of carbonyl (C=O) groups is 2. The van der Waals surface area contributed by atoms with Crippen LogP contribution < -0.4 is 4.74 Å². The van der Waals surface area contributed by atoms with Crippen LogP contribution in [0, 0.1) is 12.3 Å². The van der Waals surface area contributed by atoms with Crippen LogP contribution in [-0.4, -0.2) is 40.9 Å². The second-order valence-corrected chi connectivity index (χ2v) is 6.20. The predicted molar refractivity (Wildman–Crippen MR) is 89.2 cm³/mol. The lowest BCUT2D eigenvalue weighted by atomic mass is 9.69. The Hall–Kier alpha value is -2.83. The molecule has 1 aliphatic carbocycles. The molecule has 0 bridgehead atoms. The number of hydrogen-bond donors (Lipinski definition) is 0. The molecule has 0 spiro atoms. The molecule has 0 saturated heterocycles. The van der Waals surface area contributed by atoms with Gasteiger partial charge in [0.2, 0.25) is 5.88 Å². The fourth-order valence-electron chi connectivity index (χ4n) is 2.85. The van der Waals surface area contributed by atoms with Crippen molar-refractivity contribution in [1.82, 2.24) is 15.0 Å². The monoisotopic (exact) mass is 341 g/mol. The van der Waals surface area contributed by atoms with E-state index in [4.69, 9.17) is 9.47 Å². The van der Waals surface area contributed by atoms with Gasteiger partial charge in [0.05, 0.1) is 25.2 Å². The second kappa shape index (κ2) is 6.96. The number of esters is 1. The molecule has 7 heteroatoms. The van der Waals surface area contributed by atoms with E-state index in [0.29, 0.717) is 17.9 Å². The van der Waals surface area contributed by atoms with Gasteiger partial charge < -0.3 is 9.47 Å². The molecule has 0 atom stereocenters. The number of pyridine rings is 1. The zero-order chi connectivity index (χ0) is 17.9. The van der Waals surface area contributed by atoms with Crippen LogP contribution in [-0.2, 0) is 9.53 Å². The lowest BCUT2D eigenvalue weighted by Crippen LogP contribution is -2.44. The van der Waals surface area contributed by atoms with Gasteiger partial charge in [0.1, 0.15) is 17.7 Å². The Morgan fingerprint density at radius 1 is 1.24 bits per heavy atom. The smallest absolute Gasteiger partial charge is 0.315 e. The van der Waals surface area contributed by atoms with E-state index < -0.39 is 5.41 Å². The van der Waals surface area contributed by atoms with Crippen molar-refractivity contribution in [1.29, 1.82) is 0 Å². The fourth-order valence-corrected chi connectivity index (χ4v) is 2.85. The second-order valence-electron chi connectivity index (χ2n) is 6.20. The number of rotatable bonds is 6. The molecule has 1 aliphatic rings. The molecular weight excluding hydrogens is 322 g/mol. The summed E-state index contributed by atoms with van der Waals surface area (Å²) in [7, 11) is 1.40. The molecule has 2 aromatic rings. The van der Waals surface area contributed by atoms with E-state index in [1.54, 1.807) is 12.3 Å². The Bertz CT molecular complexity index is 785. The molecule has 0 aromatic carbocycles. The average Bonchev–Trinajstić information content (AvgIpc) is 2.61. The summed E-state index contributed by atoms with van der Waals surface area (Å²) in [6.07, 6.45) is 7.80. The minimum Gasteiger partial charge on any atom is -0.476 e. The van der Waals surface area contributed by atoms with E-state index in [-0.39, 0.29) is 18.3 Å². The Balaban J connectivity index is 1.73. The third kappa shape index (κ3) is 3.35. The summed E-state index contributed by atoms with van der Waals surface area (Å²) in [5, 5.41) is 0. The van der Waals surface area contributed by atoms with Gasteiger partial charge in [-0.2, -0.15) is 0 Å². The molecule has 0 amide bonds. The van der Waals surface area contributed by atoms with Gasteiger partial charge in [-0.05, 0) is 25.3 Å². The van der Waals surface area contributed by atoms with Crippen LogP contribution in [0.15, 0.2) is 24.7 Å². The summed E-state index contributed by atoms with van der Waals surface area (Å²) in [4.78, 5) is 35.1. The molecule has 0 radical (unpaired) electrons. The number of aldehydes is 1. The first-order valence-corrected chi connectivity index (χ1v) is 8.03. The number of methoxy groups -OCH3 is 1. The molecule has 0 aliphatic heterocycles. The summed E-state index contributed by atoms with van der Waals surface area (Å²) < 4.78 is 10.6. The Labute approximate surface area is 145 Å². The minimum absolute atomic E-state index is 0.224. The molecule has 0 N–H and O–H groups in total. The third-order valence-corrected chi connectivity index (χ3v) is 4.58. The molecular formula is C18H19N3O4. The van der Waals surface area contributed by atoms with Crippen molar-refractivity contribution in [2.45, 2.75) is 26.2 Å². The SMILES string of the molecule is COC(=O)C1(COc2cc(C)c(-c3cnc(C=O)cn3)cn2)CCC1. The number of ether oxygens (including phenoxy) is 2. The van der Waals surface area contributed by atoms with Crippen molar-refractivity contribution in [3.63, 3.8) is 0 Å². The number of aryl methyl sites for hydroxylation is 1. The van der Waals surface area contributed by atoms with Crippen molar-refractivity contribution in [2.24, 2.45) is 5.41 Å². The zero-order valence-electron chi connectivity index (χ0n) is 14.2. The van der Waals surface area contributed by atoms with Crippen LogP contribution in [0.4, 0.5) is 0 Å². The van der Waals surface area contributed by atoms with E-state index in [0.717, 1.165) is 30.4 Å². The minimum atomic E-state index is -0.543. The van der Waals surface area contributed by atoms with Gasteiger partial charge in [0.15, 0.2) is 6.29 Å². The maximum Gasteiger partial charge on any atom is 0.315 e. The van der Waals surface area contributed by atoms with Crippen molar-refractivity contribution < 1.29 is 19.1 Å². The lowest BCUT2D eigenvalue weighted by molar-refractivity contribution is -0.161. The normalized spacial score (nSPS) is 15.1. The van der Waals surface area contributed by atoms with Gasteiger partial charge >= 0.3 is 5.97 Å². The highest BCUT2D eigenvalue weighted by molar-refractivity contribution is 5.78. The van der Waals surface area contributed by atoms with Gasteiger partial charge in [0, 0.05) is 17.8 Å². The van der Waals surface area contributed by atoms with Crippen molar-refractivity contribution in [2.75, 3.05) is 13.7 Å². The highest BCUT2D eigenvalue weighted by atomic mass is 16.5. The summed E-state index contributed by atoms with van der Waals surface area (Å²) in [6.45, 7) is 2.18. The molecule has 3 rings (SSSR count). The highest BCUT2D eigenvalue weighted by Gasteiger charge is 2.46. The average molecular weight is 341 g/mol. The van der Waals surface area contributed by atoms with Crippen LogP contribution in [0.2, 0.25) is 0 Å². The van der Waals surface area contributed by atoms with Gasteiger partial charge in [-0.25, -0.2) is 9.97 Å². The first kappa shape index (κ1) is 17.0. The van der Waals surface area contributed by atoms with Crippen LogP contribution in [0.5, 0.6) is 5.88 Å². The Morgan fingerprint density at radius 2 is 2.04 bits per heavy atom. The molecule has 7 nitrogen and oxygen atoms in total. The third-order valence-electron chi connectivity index (χ3n) is 4.58. The molecule has 2 heterocycles. The standard InChI is InChI=1S/C18H19N3O4/c1-12-6-16(25-11-18(4-3-5-18)17(23)24-2)21-8-14(12)15-9-19-13(10-22)7-20-15/h6-10H,3-5,11H2,1-2H3. The van der Waals surface area contributed by atoms with Gasteiger partial charge in [-0.1, -0.05) is 6.42 Å². The number of hydrogen-bond acceptors (Lipinski definition) is 7. The Morgan fingerprint density at radius 3 is 2.56 bits per heavy atom. The van der Waals surface area contributed by atoms with Crippen molar-refractivity contribution in [3.05, 3.63) is 35.9 Å². The molecule has 1 fully saturated rings. The lowest BCUT2D eigenvalue weighted by Gasteiger charge is -2.38. The number of aromatic nitrogens is 3. The molecule has 25 heavy (non-hydrogen) atoms. The Kier molecular flexibility index (Phi) is 4.74. The van der Waals surface area contributed by atoms with Crippen molar-refractivity contribution in [3.8, 4) is 17.1 Å². The maximum absolute atomic E-state index is 11.9. The maximum atomic E-state index is 11.9. The number of carbonyl (C=O) groups excluding carboxylic acids is 2. The van der Waals surface area contributed by atoms with Crippen LogP contribution in [0.1, 0.15) is 35.3 Å². The fraction of sp³-hybridized carbons (Fsp3) is 0.389. The first-order valence-electron chi connectivity index (χ1n) is 8.03. The summed E-state index contributed by atoms with van der Waals surface area (Å²) in [6, 6.07) is 1.80. The summed E-state index contributed by atoms with van der Waals surface area (Å²) >= 11 is 0. The van der Waals surface area contributed by atoms with Crippen LogP contribution in [0.25, 0.3) is 11.3 Å². The molecule has 0 unspecified atom stereocenters. The topological polar surface area (TPSA) is 91.3 Å². The predicted octanol–water partition coefficient (Wildman–Crippen LogP) is 2.38. The summed E-state index contributed by atoms with van der Waals surface area (Å²) in [5.41, 5.74) is 2.09.